The third-order valence-electron chi connectivity index (χ3n) is 6.39. The molecule has 4 rings (SSSR count). The topological polar surface area (TPSA) is 84.9 Å². The monoisotopic (exact) mass is 472 g/mol. The molecule has 1 N–H and O–H groups in total. The number of carbonyl (C=O) groups excluding carboxylic acids is 1. The van der Waals surface area contributed by atoms with E-state index in [0.29, 0.717) is 36.7 Å². The zero-order chi connectivity index (χ0) is 23.4. The van der Waals surface area contributed by atoms with Gasteiger partial charge in [0.1, 0.15) is 11.5 Å². The molecule has 2 aliphatic rings. The first-order valence-electron chi connectivity index (χ1n) is 11.7. The van der Waals surface area contributed by atoms with Crippen molar-refractivity contribution in [3.63, 3.8) is 0 Å². The zero-order valence-corrected chi connectivity index (χ0v) is 20.1. The number of hydrogen-bond acceptors (Lipinski definition) is 5. The number of benzene rings is 2. The molecule has 8 heteroatoms. The minimum atomic E-state index is -3.61. The van der Waals surface area contributed by atoms with E-state index in [1.54, 1.807) is 6.07 Å². The Kier molecular flexibility index (Phi) is 7.24. The fraction of sp³-hybridized carbons (Fsp3) is 0.480. The van der Waals surface area contributed by atoms with Crippen LogP contribution >= 0.6 is 0 Å². The molecular formula is C25H32N2O5S. The molecule has 1 fully saturated rings. The fourth-order valence-corrected chi connectivity index (χ4v) is 6.05. The molecule has 7 nitrogen and oxygen atoms in total. The molecule has 0 radical (unpaired) electrons. The molecule has 1 aliphatic heterocycles. The van der Waals surface area contributed by atoms with Gasteiger partial charge in [0.25, 0.3) is 5.91 Å². The van der Waals surface area contributed by atoms with E-state index in [1.807, 2.05) is 19.1 Å². The second-order valence-electron chi connectivity index (χ2n) is 8.61. The van der Waals surface area contributed by atoms with Crippen LogP contribution in [0.15, 0.2) is 41.3 Å². The Morgan fingerprint density at radius 1 is 1.03 bits per heavy atom. The lowest BCUT2D eigenvalue weighted by Gasteiger charge is -2.21. The summed E-state index contributed by atoms with van der Waals surface area (Å²) in [5.74, 6) is 0.728. The molecule has 1 aliphatic carbocycles. The minimum Gasteiger partial charge on any atom is -0.495 e. The summed E-state index contributed by atoms with van der Waals surface area (Å²) >= 11 is 0. The number of rotatable bonds is 8. The first-order chi connectivity index (χ1) is 15.9. The number of sulfonamides is 1. The second kappa shape index (κ2) is 10.1. The number of methoxy groups -OCH3 is 1. The molecular weight excluding hydrogens is 440 g/mol. The molecule has 178 valence electrons. The van der Waals surface area contributed by atoms with Crippen LogP contribution in [0.4, 0.5) is 5.69 Å². The highest BCUT2D eigenvalue weighted by molar-refractivity contribution is 7.89. The molecule has 1 unspecified atom stereocenters. The van der Waals surface area contributed by atoms with Gasteiger partial charge in [-0.25, -0.2) is 8.42 Å². The Labute approximate surface area is 196 Å². The van der Waals surface area contributed by atoms with E-state index in [0.717, 1.165) is 25.7 Å². The maximum Gasteiger partial charge on any atom is 0.265 e. The smallest absolute Gasteiger partial charge is 0.265 e. The van der Waals surface area contributed by atoms with E-state index in [1.165, 1.54) is 47.5 Å². The number of anilines is 1. The molecule has 1 heterocycles. The SMILES string of the molecule is CCC(Oc1ccc2c(c1)CCCC2)C(=O)Nc1cc(S(=O)(=O)N2CCCC2)ccc1OC. The highest BCUT2D eigenvalue weighted by Gasteiger charge is 2.28. The Hall–Kier alpha value is -2.58. The number of fused-ring (bicyclic) bond motifs is 1. The van der Waals surface area contributed by atoms with Gasteiger partial charge in [-0.15, -0.1) is 0 Å². The lowest BCUT2D eigenvalue weighted by molar-refractivity contribution is -0.122. The van der Waals surface area contributed by atoms with Crippen LogP contribution in [0.25, 0.3) is 0 Å². The standard InChI is InChI=1S/C25H32N2O5S/c1-3-23(32-20-11-10-18-8-4-5-9-19(18)16-20)25(28)26-22-17-21(12-13-24(22)31-2)33(29,30)27-14-6-7-15-27/h10-13,16-17,23H,3-9,14-15H2,1-2H3,(H,26,28). The van der Waals surface area contributed by atoms with Crippen molar-refractivity contribution in [1.82, 2.24) is 4.31 Å². The number of amides is 1. The lowest BCUT2D eigenvalue weighted by atomic mass is 9.92. The van der Waals surface area contributed by atoms with Crippen molar-refractivity contribution >= 4 is 21.6 Å². The Morgan fingerprint density at radius 3 is 2.45 bits per heavy atom. The first-order valence-corrected chi connectivity index (χ1v) is 13.1. The van der Waals surface area contributed by atoms with Crippen LogP contribution in [-0.2, 0) is 27.7 Å². The van der Waals surface area contributed by atoms with Gasteiger partial charge in [0, 0.05) is 13.1 Å². The molecule has 1 atom stereocenters. The fourth-order valence-electron chi connectivity index (χ4n) is 4.51. The molecule has 0 aromatic heterocycles. The van der Waals surface area contributed by atoms with Gasteiger partial charge in [-0.1, -0.05) is 13.0 Å². The number of aryl methyl sites for hydroxylation is 2. The van der Waals surface area contributed by atoms with Gasteiger partial charge in [0.15, 0.2) is 6.10 Å². The van der Waals surface area contributed by atoms with Crippen molar-refractivity contribution in [3.05, 3.63) is 47.5 Å². The van der Waals surface area contributed by atoms with Gasteiger partial charge in [0.2, 0.25) is 10.0 Å². The van der Waals surface area contributed by atoms with E-state index in [-0.39, 0.29) is 10.8 Å². The van der Waals surface area contributed by atoms with Crippen molar-refractivity contribution in [3.8, 4) is 11.5 Å². The average Bonchev–Trinajstić information content (AvgIpc) is 3.38. The van der Waals surface area contributed by atoms with Gasteiger partial charge in [-0.3, -0.25) is 4.79 Å². The lowest BCUT2D eigenvalue weighted by Crippen LogP contribution is -2.33. The van der Waals surface area contributed by atoms with Crippen molar-refractivity contribution in [2.24, 2.45) is 0 Å². The summed E-state index contributed by atoms with van der Waals surface area (Å²) in [5, 5.41) is 2.83. The van der Waals surface area contributed by atoms with Crippen LogP contribution in [-0.4, -0.2) is 44.9 Å². The van der Waals surface area contributed by atoms with Gasteiger partial charge in [0.05, 0.1) is 17.7 Å². The van der Waals surface area contributed by atoms with Crippen LogP contribution in [0.3, 0.4) is 0 Å². The van der Waals surface area contributed by atoms with E-state index in [4.69, 9.17) is 9.47 Å². The van der Waals surface area contributed by atoms with Crippen molar-refractivity contribution in [2.75, 3.05) is 25.5 Å². The number of nitrogens with zero attached hydrogens (tertiary/aromatic N) is 1. The highest BCUT2D eigenvalue weighted by atomic mass is 32.2. The first kappa shape index (κ1) is 23.6. The van der Waals surface area contributed by atoms with E-state index >= 15 is 0 Å². The summed E-state index contributed by atoms with van der Waals surface area (Å²) in [7, 11) is -2.12. The predicted octanol–water partition coefficient (Wildman–Crippen LogP) is 4.15. The van der Waals surface area contributed by atoms with Crippen molar-refractivity contribution in [2.45, 2.75) is 62.9 Å². The highest BCUT2D eigenvalue weighted by Crippen LogP contribution is 2.31. The summed E-state index contributed by atoms with van der Waals surface area (Å²) in [4.78, 5) is 13.2. The maximum absolute atomic E-state index is 13.1. The molecule has 1 amide bonds. The minimum absolute atomic E-state index is 0.143. The normalized spacial score (nSPS) is 17.3. The predicted molar refractivity (Wildman–Crippen MR) is 127 cm³/mol. The maximum atomic E-state index is 13.1. The Balaban J connectivity index is 1.52. The summed E-state index contributed by atoms with van der Waals surface area (Å²) < 4.78 is 38.8. The molecule has 0 spiro atoms. The Bertz CT molecular complexity index is 1110. The summed E-state index contributed by atoms with van der Waals surface area (Å²) in [5.41, 5.74) is 2.96. The molecule has 33 heavy (non-hydrogen) atoms. The van der Waals surface area contributed by atoms with Crippen LogP contribution in [0, 0.1) is 0 Å². The average molecular weight is 473 g/mol. The van der Waals surface area contributed by atoms with Gasteiger partial charge < -0.3 is 14.8 Å². The number of hydrogen-bond donors (Lipinski definition) is 1. The largest absolute Gasteiger partial charge is 0.495 e. The third-order valence-corrected chi connectivity index (χ3v) is 8.29. The van der Waals surface area contributed by atoms with Crippen LogP contribution in [0.1, 0.15) is 50.2 Å². The van der Waals surface area contributed by atoms with Crippen LogP contribution in [0.2, 0.25) is 0 Å². The van der Waals surface area contributed by atoms with Crippen molar-refractivity contribution in [1.29, 1.82) is 0 Å². The zero-order valence-electron chi connectivity index (χ0n) is 19.3. The van der Waals surface area contributed by atoms with E-state index < -0.39 is 16.1 Å². The Morgan fingerprint density at radius 2 is 1.76 bits per heavy atom. The number of carbonyl (C=O) groups is 1. The summed E-state index contributed by atoms with van der Waals surface area (Å²) in [6.45, 7) is 2.92. The van der Waals surface area contributed by atoms with Gasteiger partial charge >= 0.3 is 0 Å². The molecule has 0 bridgehead atoms. The van der Waals surface area contributed by atoms with E-state index in [2.05, 4.69) is 11.4 Å². The van der Waals surface area contributed by atoms with E-state index in [9.17, 15) is 13.2 Å². The molecule has 2 aromatic carbocycles. The second-order valence-corrected chi connectivity index (χ2v) is 10.6. The molecule has 1 saturated heterocycles. The number of ether oxygens (including phenoxy) is 2. The van der Waals surface area contributed by atoms with Crippen LogP contribution < -0.4 is 14.8 Å². The van der Waals surface area contributed by atoms with Crippen LogP contribution in [0.5, 0.6) is 11.5 Å². The summed E-state index contributed by atoms with van der Waals surface area (Å²) in [6, 6.07) is 10.6. The molecule has 2 aromatic rings. The molecule has 0 saturated carbocycles. The van der Waals surface area contributed by atoms with Crippen molar-refractivity contribution < 1.29 is 22.7 Å². The number of nitrogens with one attached hydrogen (secondary N) is 1. The summed E-state index contributed by atoms with van der Waals surface area (Å²) in [6.07, 6.45) is 5.97. The van der Waals surface area contributed by atoms with Gasteiger partial charge in [-0.2, -0.15) is 4.31 Å². The quantitative estimate of drug-likeness (QED) is 0.624. The third kappa shape index (κ3) is 5.17. The van der Waals surface area contributed by atoms with Gasteiger partial charge in [-0.05, 0) is 86.4 Å².